The molecule has 5 nitrogen and oxygen atoms in total. The van der Waals surface area contributed by atoms with Crippen molar-refractivity contribution in [1.82, 2.24) is 0 Å². The van der Waals surface area contributed by atoms with Crippen molar-refractivity contribution in [3.8, 4) is 17.2 Å². The molecule has 2 aromatic carbocycles. The summed E-state index contributed by atoms with van der Waals surface area (Å²) in [6.07, 6.45) is 0. The van der Waals surface area contributed by atoms with E-state index in [1.807, 2.05) is 19.1 Å². The van der Waals surface area contributed by atoms with Gasteiger partial charge in [-0.15, -0.1) is 0 Å². The van der Waals surface area contributed by atoms with E-state index in [4.69, 9.17) is 20.9 Å². The molecule has 0 saturated carbocycles. The molecule has 1 amide bonds. The normalized spacial score (nSPS) is 10.1. The standard InChI is InChI=1S/C15H16N2O3/c1-9-3-4-13(16)14(5-9)20-12-7-10(15(17)18)6-11(8-12)19-2/h3-8H,16H2,1-2H3,(H2,17,18). The second kappa shape index (κ2) is 5.52. The zero-order valence-electron chi connectivity index (χ0n) is 11.3. The van der Waals surface area contributed by atoms with Crippen LogP contribution in [0.15, 0.2) is 36.4 Å². The molecule has 0 aromatic heterocycles. The van der Waals surface area contributed by atoms with Gasteiger partial charge in [-0.25, -0.2) is 0 Å². The Morgan fingerprint density at radius 2 is 1.80 bits per heavy atom. The van der Waals surface area contributed by atoms with Crippen LogP contribution in [0.2, 0.25) is 0 Å². The van der Waals surface area contributed by atoms with Gasteiger partial charge in [0.15, 0.2) is 5.75 Å². The fourth-order valence-corrected chi connectivity index (χ4v) is 1.75. The Labute approximate surface area is 117 Å². The first-order chi connectivity index (χ1) is 9.49. The van der Waals surface area contributed by atoms with Crippen molar-refractivity contribution >= 4 is 11.6 Å². The second-order valence-electron chi connectivity index (χ2n) is 4.40. The van der Waals surface area contributed by atoms with E-state index in [1.165, 1.54) is 7.11 Å². The van der Waals surface area contributed by atoms with E-state index in [0.717, 1.165) is 5.56 Å². The third-order valence-corrected chi connectivity index (χ3v) is 2.80. The molecule has 0 radical (unpaired) electrons. The van der Waals surface area contributed by atoms with Crippen molar-refractivity contribution in [1.29, 1.82) is 0 Å². The first-order valence-corrected chi connectivity index (χ1v) is 6.02. The number of methoxy groups -OCH3 is 1. The van der Waals surface area contributed by atoms with Crippen molar-refractivity contribution in [3.05, 3.63) is 47.5 Å². The number of ether oxygens (including phenoxy) is 2. The van der Waals surface area contributed by atoms with E-state index in [9.17, 15) is 4.79 Å². The van der Waals surface area contributed by atoms with Crippen LogP contribution in [0.25, 0.3) is 0 Å². The van der Waals surface area contributed by atoms with Gasteiger partial charge in [0.1, 0.15) is 11.5 Å². The molecular formula is C15H16N2O3. The number of aryl methyl sites for hydroxylation is 1. The van der Waals surface area contributed by atoms with Crippen LogP contribution >= 0.6 is 0 Å². The molecule has 20 heavy (non-hydrogen) atoms. The summed E-state index contributed by atoms with van der Waals surface area (Å²) in [5.74, 6) is 0.901. The van der Waals surface area contributed by atoms with Gasteiger partial charge in [-0.3, -0.25) is 4.79 Å². The molecule has 0 spiro atoms. The van der Waals surface area contributed by atoms with Crippen molar-refractivity contribution in [2.75, 3.05) is 12.8 Å². The lowest BCUT2D eigenvalue weighted by atomic mass is 10.2. The number of anilines is 1. The van der Waals surface area contributed by atoms with Gasteiger partial charge in [-0.05, 0) is 36.8 Å². The van der Waals surface area contributed by atoms with E-state index in [2.05, 4.69) is 0 Å². The van der Waals surface area contributed by atoms with Gasteiger partial charge >= 0.3 is 0 Å². The average molecular weight is 272 g/mol. The molecule has 0 saturated heterocycles. The average Bonchev–Trinajstić information content (AvgIpc) is 2.42. The van der Waals surface area contributed by atoms with Crippen LogP contribution < -0.4 is 20.9 Å². The van der Waals surface area contributed by atoms with Gasteiger partial charge in [-0.2, -0.15) is 0 Å². The van der Waals surface area contributed by atoms with Crippen LogP contribution in [0.4, 0.5) is 5.69 Å². The number of hydrogen-bond donors (Lipinski definition) is 2. The number of carbonyl (C=O) groups excluding carboxylic acids is 1. The summed E-state index contributed by atoms with van der Waals surface area (Å²) >= 11 is 0. The number of benzene rings is 2. The third kappa shape index (κ3) is 3.00. The summed E-state index contributed by atoms with van der Waals surface area (Å²) in [4.78, 5) is 11.3. The van der Waals surface area contributed by atoms with Crippen LogP contribution in [0, 0.1) is 6.92 Å². The molecule has 0 heterocycles. The predicted octanol–water partition coefficient (Wildman–Crippen LogP) is 2.48. The summed E-state index contributed by atoms with van der Waals surface area (Å²) < 4.78 is 10.8. The topological polar surface area (TPSA) is 87.6 Å². The van der Waals surface area contributed by atoms with E-state index in [0.29, 0.717) is 28.5 Å². The Bertz CT molecular complexity index is 654. The minimum absolute atomic E-state index is 0.311. The summed E-state index contributed by atoms with van der Waals surface area (Å²) in [5, 5.41) is 0. The third-order valence-electron chi connectivity index (χ3n) is 2.80. The lowest BCUT2D eigenvalue weighted by Gasteiger charge is -2.11. The highest BCUT2D eigenvalue weighted by Gasteiger charge is 2.09. The molecule has 0 aliphatic heterocycles. The fourth-order valence-electron chi connectivity index (χ4n) is 1.75. The lowest BCUT2D eigenvalue weighted by Crippen LogP contribution is -2.11. The van der Waals surface area contributed by atoms with Gasteiger partial charge in [0, 0.05) is 11.6 Å². The molecule has 0 atom stereocenters. The molecule has 104 valence electrons. The highest BCUT2D eigenvalue weighted by atomic mass is 16.5. The van der Waals surface area contributed by atoms with Crippen LogP contribution in [-0.4, -0.2) is 13.0 Å². The van der Waals surface area contributed by atoms with E-state index < -0.39 is 5.91 Å². The minimum Gasteiger partial charge on any atom is -0.497 e. The van der Waals surface area contributed by atoms with Crippen LogP contribution in [0.3, 0.4) is 0 Å². The number of hydrogen-bond acceptors (Lipinski definition) is 4. The first kappa shape index (κ1) is 13.7. The van der Waals surface area contributed by atoms with Crippen LogP contribution in [0.1, 0.15) is 15.9 Å². The Hall–Kier alpha value is -2.69. The van der Waals surface area contributed by atoms with Crippen molar-refractivity contribution in [3.63, 3.8) is 0 Å². The summed E-state index contributed by atoms with van der Waals surface area (Å²) in [6, 6.07) is 10.2. The predicted molar refractivity (Wildman–Crippen MR) is 77.2 cm³/mol. The Kier molecular flexibility index (Phi) is 3.79. The molecule has 0 bridgehead atoms. The van der Waals surface area contributed by atoms with Crippen LogP contribution in [-0.2, 0) is 0 Å². The van der Waals surface area contributed by atoms with E-state index >= 15 is 0 Å². The molecule has 0 aliphatic rings. The van der Waals surface area contributed by atoms with E-state index in [-0.39, 0.29) is 0 Å². The highest BCUT2D eigenvalue weighted by Crippen LogP contribution is 2.31. The molecule has 0 unspecified atom stereocenters. The Morgan fingerprint density at radius 3 is 2.45 bits per heavy atom. The monoisotopic (exact) mass is 272 g/mol. The van der Waals surface area contributed by atoms with Crippen molar-refractivity contribution in [2.45, 2.75) is 6.92 Å². The summed E-state index contributed by atoms with van der Waals surface area (Å²) in [5.41, 5.74) is 13.0. The Morgan fingerprint density at radius 1 is 1.10 bits per heavy atom. The smallest absolute Gasteiger partial charge is 0.248 e. The van der Waals surface area contributed by atoms with Crippen LogP contribution in [0.5, 0.6) is 17.2 Å². The van der Waals surface area contributed by atoms with Gasteiger partial charge in [0.05, 0.1) is 12.8 Å². The number of amides is 1. The van der Waals surface area contributed by atoms with Gasteiger partial charge in [-0.1, -0.05) is 6.07 Å². The largest absolute Gasteiger partial charge is 0.497 e. The van der Waals surface area contributed by atoms with Gasteiger partial charge < -0.3 is 20.9 Å². The van der Waals surface area contributed by atoms with Gasteiger partial charge in [0.25, 0.3) is 0 Å². The zero-order chi connectivity index (χ0) is 14.7. The zero-order valence-corrected chi connectivity index (χ0v) is 11.3. The summed E-state index contributed by atoms with van der Waals surface area (Å²) in [6.45, 7) is 1.94. The first-order valence-electron chi connectivity index (χ1n) is 6.02. The molecule has 0 aliphatic carbocycles. The molecular weight excluding hydrogens is 256 g/mol. The molecule has 5 heteroatoms. The number of carbonyl (C=O) groups is 1. The second-order valence-corrected chi connectivity index (χ2v) is 4.40. The van der Waals surface area contributed by atoms with Crippen molar-refractivity contribution in [2.24, 2.45) is 5.73 Å². The van der Waals surface area contributed by atoms with Gasteiger partial charge in [0.2, 0.25) is 5.91 Å². The highest BCUT2D eigenvalue weighted by molar-refractivity contribution is 5.93. The number of nitrogens with two attached hydrogens (primary N) is 2. The lowest BCUT2D eigenvalue weighted by molar-refractivity contribution is 0.0999. The SMILES string of the molecule is COc1cc(Oc2cc(C)ccc2N)cc(C(N)=O)c1. The molecule has 0 fully saturated rings. The molecule has 2 aromatic rings. The molecule has 2 rings (SSSR count). The molecule has 4 N–H and O–H groups in total. The maximum Gasteiger partial charge on any atom is 0.248 e. The number of rotatable bonds is 4. The van der Waals surface area contributed by atoms with E-state index in [1.54, 1.807) is 24.3 Å². The maximum absolute atomic E-state index is 11.3. The minimum atomic E-state index is -0.550. The number of nitrogen functional groups attached to an aromatic ring is 1. The quantitative estimate of drug-likeness (QED) is 0.837. The van der Waals surface area contributed by atoms with Crippen molar-refractivity contribution < 1.29 is 14.3 Å². The fraction of sp³-hybridized carbons (Fsp3) is 0.133. The maximum atomic E-state index is 11.3. The number of primary amides is 1. The Balaban J connectivity index is 2.39. The summed E-state index contributed by atoms with van der Waals surface area (Å²) in [7, 11) is 1.50.